The van der Waals surface area contributed by atoms with Crippen molar-refractivity contribution in [3.05, 3.63) is 23.9 Å². The van der Waals surface area contributed by atoms with Gasteiger partial charge in [-0.15, -0.1) is 0 Å². The van der Waals surface area contributed by atoms with E-state index in [0.717, 1.165) is 12.0 Å². The largest absolute Gasteiger partial charge is 0.393 e. The van der Waals surface area contributed by atoms with Gasteiger partial charge < -0.3 is 10.8 Å². The van der Waals surface area contributed by atoms with E-state index in [1.165, 1.54) is 0 Å². The Hall–Kier alpha value is -1.09. The fourth-order valence-electron chi connectivity index (χ4n) is 1.04. The molecular weight excluding hydrogens is 152 g/mol. The van der Waals surface area contributed by atoms with Gasteiger partial charge in [0.1, 0.15) is 5.82 Å². The first-order valence-electron chi connectivity index (χ1n) is 4.11. The monoisotopic (exact) mass is 166 g/mol. The molecular formula is C9H14N2O. The Bertz CT molecular complexity index is 250. The number of hydrogen-bond acceptors (Lipinski definition) is 3. The number of hydrogen-bond donors (Lipinski definition) is 2. The van der Waals surface area contributed by atoms with E-state index in [0.29, 0.717) is 12.2 Å². The van der Waals surface area contributed by atoms with Crippen molar-refractivity contribution in [2.45, 2.75) is 25.9 Å². The van der Waals surface area contributed by atoms with Crippen molar-refractivity contribution in [3.8, 4) is 0 Å². The van der Waals surface area contributed by atoms with Crippen LogP contribution in [0.2, 0.25) is 0 Å². The predicted octanol–water partition coefficient (Wildman–Crippen LogP) is 0.977. The maximum atomic E-state index is 9.34. The van der Waals surface area contributed by atoms with Crippen LogP contribution in [-0.2, 0) is 6.42 Å². The van der Waals surface area contributed by atoms with Gasteiger partial charge in [-0.2, -0.15) is 0 Å². The van der Waals surface area contributed by atoms with E-state index in [4.69, 9.17) is 5.73 Å². The average Bonchev–Trinajstić information content (AvgIpc) is 2.04. The van der Waals surface area contributed by atoms with Crippen molar-refractivity contribution in [1.82, 2.24) is 4.98 Å². The maximum absolute atomic E-state index is 9.34. The van der Waals surface area contributed by atoms with Crippen molar-refractivity contribution in [2.24, 2.45) is 0 Å². The quantitative estimate of drug-likeness (QED) is 0.703. The molecule has 0 amide bonds. The zero-order valence-corrected chi connectivity index (χ0v) is 7.20. The summed E-state index contributed by atoms with van der Waals surface area (Å²) in [6.45, 7) is 1.95. The molecule has 0 radical (unpaired) electrons. The van der Waals surface area contributed by atoms with Gasteiger partial charge >= 0.3 is 0 Å². The van der Waals surface area contributed by atoms with E-state index in [1.807, 2.05) is 13.0 Å². The normalized spacial score (nSPS) is 12.8. The first kappa shape index (κ1) is 9.00. The molecule has 0 saturated carbocycles. The molecule has 0 aliphatic rings. The second-order valence-corrected chi connectivity index (χ2v) is 2.86. The molecule has 12 heavy (non-hydrogen) atoms. The van der Waals surface area contributed by atoms with Crippen LogP contribution < -0.4 is 5.73 Å². The van der Waals surface area contributed by atoms with Crippen LogP contribution in [0.25, 0.3) is 0 Å². The molecule has 1 atom stereocenters. The lowest BCUT2D eigenvalue weighted by molar-refractivity contribution is 0.171. The molecule has 0 aliphatic carbocycles. The maximum Gasteiger partial charge on any atom is 0.123 e. The van der Waals surface area contributed by atoms with Crippen LogP contribution in [-0.4, -0.2) is 16.2 Å². The lowest BCUT2D eigenvalue weighted by Gasteiger charge is -2.06. The Morgan fingerprint density at radius 2 is 2.42 bits per heavy atom. The van der Waals surface area contributed by atoms with Crippen LogP contribution in [0.1, 0.15) is 18.9 Å². The second kappa shape index (κ2) is 4.07. The van der Waals surface area contributed by atoms with Crippen LogP contribution in [0.5, 0.6) is 0 Å². The van der Waals surface area contributed by atoms with E-state index < -0.39 is 0 Å². The molecule has 0 aromatic carbocycles. The molecule has 0 spiro atoms. The molecule has 1 aromatic rings. The third-order valence-electron chi connectivity index (χ3n) is 1.79. The number of anilines is 1. The second-order valence-electron chi connectivity index (χ2n) is 2.86. The van der Waals surface area contributed by atoms with Crippen molar-refractivity contribution in [2.75, 3.05) is 5.73 Å². The van der Waals surface area contributed by atoms with Gasteiger partial charge in [-0.1, -0.05) is 6.92 Å². The first-order valence-corrected chi connectivity index (χ1v) is 4.11. The van der Waals surface area contributed by atoms with Gasteiger partial charge in [0, 0.05) is 6.20 Å². The van der Waals surface area contributed by atoms with E-state index in [-0.39, 0.29) is 6.10 Å². The third-order valence-corrected chi connectivity index (χ3v) is 1.79. The molecule has 1 unspecified atom stereocenters. The highest BCUT2D eigenvalue weighted by atomic mass is 16.3. The molecule has 3 nitrogen and oxygen atoms in total. The van der Waals surface area contributed by atoms with Crippen LogP contribution in [0.4, 0.5) is 5.82 Å². The molecule has 1 heterocycles. The number of nitrogens with zero attached hydrogens (tertiary/aromatic N) is 1. The summed E-state index contributed by atoms with van der Waals surface area (Å²) in [6.07, 6.45) is 2.81. The van der Waals surface area contributed by atoms with Gasteiger partial charge in [0.15, 0.2) is 0 Å². The average molecular weight is 166 g/mol. The van der Waals surface area contributed by atoms with Gasteiger partial charge in [0.25, 0.3) is 0 Å². The summed E-state index contributed by atoms with van der Waals surface area (Å²) in [5.74, 6) is 0.510. The Morgan fingerprint density at radius 3 is 3.00 bits per heavy atom. The fourth-order valence-corrected chi connectivity index (χ4v) is 1.04. The molecule has 0 fully saturated rings. The van der Waals surface area contributed by atoms with Crippen LogP contribution >= 0.6 is 0 Å². The van der Waals surface area contributed by atoms with Crippen LogP contribution in [0, 0.1) is 0 Å². The van der Waals surface area contributed by atoms with Crippen molar-refractivity contribution in [3.63, 3.8) is 0 Å². The van der Waals surface area contributed by atoms with Gasteiger partial charge in [-0.05, 0) is 30.5 Å². The Kier molecular flexibility index (Phi) is 3.05. The summed E-state index contributed by atoms with van der Waals surface area (Å²) in [5.41, 5.74) is 6.52. The third kappa shape index (κ3) is 2.51. The molecule has 3 N–H and O–H groups in total. The minimum Gasteiger partial charge on any atom is -0.393 e. The fraction of sp³-hybridized carbons (Fsp3) is 0.444. The van der Waals surface area contributed by atoms with Crippen molar-refractivity contribution < 1.29 is 5.11 Å². The van der Waals surface area contributed by atoms with Crippen LogP contribution in [0.15, 0.2) is 18.3 Å². The first-order chi connectivity index (χ1) is 5.72. The minimum atomic E-state index is -0.271. The molecule has 1 rings (SSSR count). The molecule has 0 aliphatic heterocycles. The van der Waals surface area contributed by atoms with Gasteiger partial charge in [-0.3, -0.25) is 0 Å². The van der Waals surface area contributed by atoms with Gasteiger partial charge in [0.2, 0.25) is 0 Å². The van der Waals surface area contributed by atoms with Gasteiger partial charge in [0.05, 0.1) is 6.10 Å². The summed E-state index contributed by atoms with van der Waals surface area (Å²) in [6, 6.07) is 3.66. The molecule has 1 aromatic heterocycles. The van der Waals surface area contributed by atoms with Crippen molar-refractivity contribution >= 4 is 5.82 Å². The molecule has 66 valence electrons. The number of nitrogens with two attached hydrogens (primary N) is 1. The Labute approximate surface area is 72.2 Å². The number of aliphatic hydroxyl groups excluding tert-OH is 1. The summed E-state index contributed by atoms with van der Waals surface area (Å²) >= 11 is 0. The zero-order valence-electron chi connectivity index (χ0n) is 7.20. The number of aromatic nitrogens is 1. The molecule has 0 bridgehead atoms. The molecule has 0 saturated heterocycles. The summed E-state index contributed by atoms with van der Waals surface area (Å²) in [5, 5.41) is 9.34. The highest BCUT2D eigenvalue weighted by molar-refractivity contribution is 5.31. The van der Waals surface area contributed by atoms with E-state index in [1.54, 1.807) is 12.3 Å². The van der Waals surface area contributed by atoms with E-state index >= 15 is 0 Å². The lowest BCUT2D eigenvalue weighted by Crippen LogP contribution is -2.08. The number of nitrogen functional groups attached to an aromatic ring is 1. The number of pyridine rings is 1. The van der Waals surface area contributed by atoms with E-state index in [9.17, 15) is 5.11 Å². The topological polar surface area (TPSA) is 59.1 Å². The minimum absolute atomic E-state index is 0.271. The molecule has 3 heteroatoms. The summed E-state index contributed by atoms with van der Waals surface area (Å²) < 4.78 is 0. The number of rotatable bonds is 3. The SMILES string of the molecule is CCC(O)Cc1ccnc(N)c1. The zero-order chi connectivity index (χ0) is 8.97. The highest BCUT2D eigenvalue weighted by Crippen LogP contribution is 2.07. The predicted molar refractivity (Wildman–Crippen MR) is 48.7 cm³/mol. The Morgan fingerprint density at radius 1 is 1.67 bits per heavy atom. The Balaban J connectivity index is 2.63. The standard InChI is InChI=1S/C9H14N2O/c1-2-8(12)5-7-3-4-11-9(10)6-7/h3-4,6,8,12H,2,5H2,1H3,(H2,10,11). The summed E-state index contributed by atoms with van der Waals surface area (Å²) in [7, 11) is 0. The number of aliphatic hydroxyl groups is 1. The highest BCUT2D eigenvalue weighted by Gasteiger charge is 2.02. The lowest BCUT2D eigenvalue weighted by atomic mass is 10.1. The smallest absolute Gasteiger partial charge is 0.123 e. The van der Waals surface area contributed by atoms with E-state index in [2.05, 4.69) is 4.98 Å². The van der Waals surface area contributed by atoms with Crippen molar-refractivity contribution in [1.29, 1.82) is 0 Å². The summed E-state index contributed by atoms with van der Waals surface area (Å²) in [4.78, 5) is 3.87. The van der Waals surface area contributed by atoms with Crippen LogP contribution in [0.3, 0.4) is 0 Å². The van der Waals surface area contributed by atoms with Gasteiger partial charge in [-0.25, -0.2) is 4.98 Å².